The summed E-state index contributed by atoms with van der Waals surface area (Å²) in [4.78, 5) is 2.48. The molecule has 0 radical (unpaired) electrons. The van der Waals surface area contributed by atoms with Gasteiger partial charge < -0.3 is 10.1 Å². The zero-order valence-corrected chi connectivity index (χ0v) is 15.1. The van der Waals surface area contributed by atoms with Gasteiger partial charge in [-0.05, 0) is 29.3 Å². The van der Waals surface area contributed by atoms with Crippen molar-refractivity contribution < 1.29 is 4.74 Å². The summed E-state index contributed by atoms with van der Waals surface area (Å²) in [6.45, 7) is 5.27. The van der Waals surface area contributed by atoms with Crippen molar-refractivity contribution in [3.05, 3.63) is 69.7 Å². The standard InChI is InChI=1S/C19H22Cl2N2O/c20-17-10-15(11-18(21)12-17)13-24-14-19(16-4-2-1-3-5-16)23-8-6-22-7-9-23/h1-5,10-12,19,22H,6-9,13-14H2/t19-/m0/s1. The molecule has 1 N–H and O–H groups in total. The zero-order valence-electron chi connectivity index (χ0n) is 13.6. The lowest BCUT2D eigenvalue weighted by Gasteiger charge is -2.35. The third-order valence-corrected chi connectivity index (χ3v) is 4.68. The van der Waals surface area contributed by atoms with Crippen LogP contribution in [0.3, 0.4) is 0 Å². The van der Waals surface area contributed by atoms with E-state index in [0.29, 0.717) is 23.3 Å². The molecule has 1 heterocycles. The van der Waals surface area contributed by atoms with Crippen LogP contribution in [-0.4, -0.2) is 37.7 Å². The van der Waals surface area contributed by atoms with E-state index in [1.54, 1.807) is 6.07 Å². The summed E-state index contributed by atoms with van der Waals surface area (Å²) in [5, 5.41) is 4.69. The molecule has 0 aromatic heterocycles. The number of hydrogen-bond donors (Lipinski definition) is 1. The van der Waals surface area contributed by atoms with Gasteiger partial charge in [-0.25, -0.2) is 0 Å². The van der Waals surface area contributed by atoms with Crippen molar-refractivity contribution in [2.75, 3.05) is 32.8 Å². The Labute approximate surface area is 153 Å². The van der Waals surface area contributed by atoms with Crippen LogP contribution in [0.5, 0.6) is 0 Å². The molecular weight excluding hydrogens is 343 g/mol. The number of piperazine rings is 1. The molecule has 3 rings (SSSR count). The summed E-state index contributed by atoms with van der Waals surface area (Å²) in [5.74, 6) is 0. The molecule has 0 aliphatic carbocycles. The van der Waals surface area contributed by atoms with Crippen LogP contribution in [0.4, 0.5) is 0 Å². The topological polar surface area (TPSA) is 24.5 Å². The van der Waals surface area contributed by atoms with Crippen molar-refractivity contribution in [3.63, 3.8) is 0 Å². The average molecular weight is 365 g/mol. The van der Waals surface area contributed by atoms with E-state index in [1.807, 2.05) is 18.2 Å². The molecule has 1 fully saturated rings. The quantitative estimate of drug-likeness (QED) is 0.832. The van der Waals surface area contributed by atoms with Gasteiger partial charge in [0.15, 0.2) is 0 Å². The smallest absolute Gasteiger partial charge is 0.0718 e. The van der Waals surface area contributed by atoms with Crippen LogP contribution in [0, 0.1) is 0 Å². The Balaban J connectivity index is 1.65. The second-order valence-electron chi connectivity index (χ2n) is 6.01. The van der Waals surface area contributed by atoms with Crippen molar-refractivity contribution in [3.8, 4) is 0 Å². The van der Waals surface area contributed by atoms with Crippen LogP contribution in [0.1, 0.15) is 17.2 Å². The van der Waals surface area contributed by atoms with Gasteiger partial charge in [0.1, 0.15) is 0 Å². The Morgan fingerprint density at radius 2 is 1.67 bits per heavy atom. The lowest BCUT2D eigenvalue weighted by atomic mass is 10.1. The molecule has 0 amide bonds. The highest BCUT2D eigenvalue weighted by Gasteiger charge is 2.22. The Morgan fingerprint density at radius 1 is 1.00 bits per heavy atom. The van der Waals surface area contributed by atoms with Crippen LogP contribution in [0.2, 0.25) is 10.0 Å². The molecule has 0 bridgehead atoms. The summed E-state index contributed by atoms with van der Waals surface area (Å²) in [6, 6.07) is 16.4. The number of hydrogen-bond acceptors (Lipinski definition) is 3. The van der Waals surface area contributed by atoms with Crippen LogP contribution >= 0.6 is 23.2 Å². The molecule has 24 heavy (non-hydrogen) atoms. The molecule has 2 aromatic carbocycles. The normalized spacial score (nSPS) is 16.9. The van der Waals surface area contributed by atoms with E-state index >= 15 is 0 Å². The summed E-state index contributed by atoms with van der Waals surface area (Å²) >= 11 is 12.1. The van der Waals surface area contributed by atoms with E-state index in [0.717, 1.165) is 31.7 Å². The van der Waals surface area contributed by atoms with Gasteiger partial charge in [0.05, 0.1) is 19.3 Å². The second kappa shape index (κ2) is 8.84. The Kier molecular flexibility index (Phi) is 6.52. The van der Waals surface area contributed by atoms with E-state index in [9.17, 15) is 0 Å². The number of benzene rings is 2. The number of halogens is 2. The van der Waals surface area contributed by atoms with Gasteiger partial charge in [-0.1, -0.05) is 53.5 Å². The minimum Gasteiger partial charge on any atom is -0.375 e. The van der Waals surface area contributed by atoms with Crippen molar-refractivity contribution in [2.24, 2.45) is 0 Å². The fourth-order valence-corrected chi connectivity index (χ4v) is 3.64. The average Bonchev–Trinajstić information content (AvgIpc) is 2.59. The molecule has 2 aromatic rings. The summed E-state index contributed by atoms with van der Waals surface area (Å²) < 4.78 is 6.02. The minimum atomic E-state index is 0.267. The monoisotopic (exact) mass is 364 g/mol. The third-order valence-electron chi connectivity index (χ3n) is 4.24. The molecule has 0 spiro atoms. The van der Waals surface area contributed by atoms with E-state index in [-0.39, 0.29) is 6.04 Å². The number of rotatable bonds is 6. The fourth-order valence-electron chi connectivity index (χ4n) is 3.06. The molecule has 1 aliphatic rings. The molecule has 1 atom stereocenters. The SMILES string of the molecule is Clc1cc(Cl)cc(COC[C@@H](c2ccccc2)N2CCNCC2)c1. The van der Waals surface area contributed by atoms with Gasteiger partial charge in [-0.3, -0.25) is 4.90 Å². The zero-order chi connectivity index (χ0) is 16.8. The van der Waals surface area contributed by atoms with Crippen molar-refractivity contribution in [2.45, 2.75) is 12.6 Å². The van der Waals surface area contributed by atoms with Gasteiger partial charge in [0.25, 0.3) is 0 Å². The van der Waals surface area contributed by atoms with E-state index in [2.05, 4.69) is 34.5 Å². The number of nitrogens with zero attached hydrogens (tertiary/aromatic N) is 1. The number of ether oxygens (including phenoxy) is 1. The van der Waals surface area contributed by atoms with Gasteiger partial charge in [-0.15, -0.1) is 0 Å². The van der Waals surface area contributed by atoms with Crippen LogP contribution in [-0.2, 0) is 11.3 Å². The molecule has 128 valence electrons. The first kappa shape index (κ1) is 17.7. The van der Waals surface area contributed by atoms with Gasteiger partial charge in [-0.2, -0.15) is 0 Å². The van der Waals surface area contributed by atoms with Crippen LogP contribution in [0.15, 0.2) is 48.5 Å². The highest BCUT2D eigenvalue weighted by molar-refractivity contribution is 6.34. The Morgan fingerprint density at radius 3 is 2.33 bits per heavy atom. The summed E-state index contributed by atoms with van der Waals surface area (Å²) in [6.07, 6.45) is 0. The summed E-state index contributed by atoms with van der Waals surface area (Å²) in [7, 11) is 0. The largest absolute Gasteiger partial charge is 0.375 e. The van der Waals surface area contributed by atoms with E-state index in [1.165, 1.54) is 5.56 Å². The Hall–Kier alpha value is -1.10. The lowest BCUT2D eigenvalue weighted by Crippen LogP contribution is -2.46. The highest BCUT2D eigenvalue weighted by atomic mass is 35.5. The molecule has 3 nitrogen and oxygen atoms in total. The first-order valence-electron chi connectivity index (χ1n) is 8.25. The van der Waals surface area contributed by atoms with Gasteiger partial charge in [0, 0.05) is 36.2 Å². The predicted molar refractivity (Wildman–Crippen MR) is 99.7 cm³/mol. The maximum atomic E-state index is 6.05. The van der Waals surface area contributed by atoms with Crippen molar-refractivity contribution in [1.82, 2.24) is 10.2 Å². The molecular formula is C19H22Cl2N2O. The third kappa shape index (κ3) is 4.95. The maximum Gasteiger partial charge on any atom is 0.0718 e. The Bertz CT molecular complexity index is 625. The summed E-state index contributed by atoms with van der Waals surface area (Å²) in [5.41, 5.74) is 2.29. The molecule has 0 saturated carbocycles. The molecule has 0 unspecified atom stereocenters. The van der Waals surface area contributed by atoms with Gasteiger partial charge >= 0.3 is 0 Å². The van der Waals surface area contributed by atoms with Crippen LogP contribution < -0.4 is 5.32 Å². The molecule has 1 saturated heterocycles. The van der Waals surface area contributed by atoms with E-state index in [4.69, 9.17) is 27.9 Å². The first-order valence-corrected chi connectivity index (χ1v) is 9.00. The second-order valence-corrected chi connectivity index (χ2v) is 6.88. The number of nitrogens with one attached hydrogen (secondary N) is 1. The van der Waals surface area contributed by atoms with Gasteiger partial charge in [0.2, 0.25) is 0 Å². The lowest BCUT2D eigenvalue weighted by molar-refractivity contribution is 0.0442. The highest BCUT2D eigenvalue weighted by Crippen LogP contribution is 2.23. The molecule has 1 aliphatic heterocycles. The van der Waals surface area contributed by atoms with E-state index < -0.39 is 0 Å². The fraction of sp³-hybridized carbons (Fsp3) is 0.368. The maximum absolute atomic E-state index is 6.05. The first-order chi connectivity index (χ1) is 11.7. The van der Waals surface area contributed by atoms with Crippen molar-refractivity contribution >= 4 is 23.2 Å². The van der Waals surface area contributed by atoms with Crippen LogP contribution in [0.25, 0.3) is 0 Å². The predicted octanol–water partition coefficient (Wildman–Crippen LogP) is 4.16. The minimum absolute atomic E-state index is 0.267. The molecule has 5 heteroatoms. The van der Waals surface area contributed by atoms with Crippen molar-refractivity contribution in [1.29, 1.82) is 0 Å².